The molecule has 7 nitrogen and oxygen atoms in total. The van der Waals surface area contributed by atoms with Crippen LogP contribution in [-0.4, -0.2) is 40.4 Å². The molecule has 0 saturated carbocycles. The van der Waals surface area contributed by atoms with Gasteiger partial charge in [0.05, 0.1) is 17.4 Å². The van der Waals surface area contributed by atoms with E-state index in [0.717, 1.165) is 6.07 Å². The summed E-state index contributed by atoms with van der Waals surface area (Å²) in [6.45, 7) is 0. The van der Waals surface area contributed by atoms with Crippen molar-refractivity contribution in [1.29, 1.82) is 0 Å². The molecule has 18 heavy (non-hydrogen) atoms. The van der Waals surface area contributed by atoms with Crippen molar-refractivity contribution in [2.24, 2.45) is 0 Å². The van der Waals surface area contributed by atoms with Gasteiger partial charge in [0.1, 0.15) is 6.10 Å². The summed E-state index contributed by atoms with van der Waals surface area (Å²) in [7, 11) is -4.56. The smallest absolute Gasteiger partial charge is 0.306 e. The van der Waals surface area contributed by atoms with Crippen molar-refractivity contribution in [2.75, 3.05) is 0 Å². The third kappa shape index (κ3) is 3.50. The number of aliphatic hydroxyl groups excluding tert-OH is 2. The third-order valence-corrected chi connectivity index (χ3v) is 3.19. The highest BCUT2D eigenvalue weighted by Crippen LogP contribution is 2.25. The van der Waals surface area contributed by atoms with Crippen LogP contribution in [0.1, 0.15) is 18.1 Å². The van der Waals surface area contributed by atoms with Crippen molar-refractivity contribution in [2.45, 2.75) is 23.5 Å². The van der Waals surface area contributed by atoms with Gasteiger partial charge in [-0.05, 0) is 6.07 Å². The Hall–Kier alpha value is -1.48. The van der Waals surface area contributed by atoms with E-state index in [9.17, 15) is 23.4 Å². The molecule has 0 amide bonds. The standard InChI is InChI=1S/C10H12O7S/c11-7(5-9(12)13)10(14)6-3-1-2-4-8(6)18(15,16)17/h1-4,7,10-11,14H,5H2,(H,12,13)(H,15,16,17). The molecule has 2 atom stereocenters. The molecule has 0 aliphatic carbocycles. The molecule has 0 fully saturated rings. The molecule has 8 heteroatoms. The van der Waals surface area contributed by atoms with E-state index < -0.39 is 39.6 Å². The Kier molecular flexibility index (Phi) is 4.41. The summed E-state index contributed by atoms with van der Waals surface area (Å²) >= 11 is 0. The molecule has 0 bridgehead atoms. The number of hydrogen-bond acceptors (Lipinski definition) is 5. The van der Waals surface area contributed by atoms with Gasteiger partial charge in [-0.25, -0.2) is 0 Å². The molecule has 100 valence electrons. The fourth-order valence-electron chi connectivity index (χ4n) is 1.46. The lowest BCUT2D eigenvalue weighted by Gasteiger charge is -2.18. The fraction of sp³-hybridized carbons (Fsp3) is 0.300. The summed E-state index contributed by atoms with van der Waals surface area (Å²) in [6.07, 6.45) is -4.15. The molecule has 0 radical (unpaired) electrons. The van der Waals surface area contributed by atoms with E-state index in [1.54, 1.807) is 0 Å². The number of aliphatic hydroxyl groups is 2. The molecule has 1 aromatic carbocycles. The Bertz CT molecular complexity index is 537. The Morgan fingerprint density at radius 1 is 1.22 bits per heavy atom. The van der Waals surface area contributed by atoms with Crippen molar-refractivity contribution in [3.05, 3.63) is 29.8 Å². The largest absolute Gasteiger partial charge is 0.481 e. The van der Waals surface area contributed by atoms with Crippen LogP contribution >= 0.6 is 0 Å². The number of carboxylic acid groups (broad SMARTS) is 1. The highest BCUT2D eigenvalue weighted by Gasteiger charge is 2.26. The summed E-state index contributed by atoms with van der Waals surface area (Å²) in [5, 5.41) is 27.6. The van der Waals surface area contributed by atoms with Crippen LogP contribution in [0.3, 0.4) is 0 Å². The predicted molar refractivity (Wildman–Crippen MR) is 59.5 cm³/mol. The molecule has 2 unspecified atom stereocenters. The summed E-state index contributed by atoms with van der Waals surface area (Å²) in [6, 6.07) is 4.93. The van der Waals surface area contributed by atoms with E-state index >= 15 is 0 Å². The predicted octanol–water partition coefficient (Wildman–Crippen LogP) is -0.198. The maximum atomic E-state index is 11.0. The number of carboxylic acids is 1. The molecule has 0 spiro atoms. The highest BCUT2D eigenvalue weighted by atomic mass is 32.2. The lowest BCUT2D eigenvalue weighted by atomic mass is 10.0. The third-order valence-electron chi connectivity index (χ3n) is 2.26. The minimum absolute atomic E-state index is 0.256. The molecule has 1 aromatic rings. The topological polar surface area (TPSA) is 132 Å². The second-order valence-electron chi connectivity index (χ2n) is 3.62. The van der Waals surface area contributed by atoms with Crippen LogP contribution in [0.15, 0.2) is 29.2 Å². The highest BCUT2D eigenvalue weighted by molar-refractivity contribution is 7.85. The zero-order chi connectivity index (χ0) is 13.9. The summed E-state index contributed by atoms with van der Waals surface area (Å²) in [5.74, 6) is -1.34. The zero-order valence-electron chi connectivity index (χ0n) is 9.09. The van der Waals surface area contributed by atoms with E-state index in [0.29, 0.717) is 0 Å². The Morgan fingerprint density at radius 3 is 2.28 bits per heavy atom. The normalized spacial score (nSPS) is 15.1. The monoisotopic (exact) mass is 276 g/mol. The van der Waals surface area contributed by atoms with Gasteiger partial charge in [0.2, 0.25) is 0 Å². The van der Waals surface area contributed by atoms with Crippen LogP contribution in [0.25, 0.3) is 0 Å². The van der Waals surface area contributed by atoms with Gasteiger partial charge in [-0.1, -0.05) is 18.2 Å². The lowest BCUT2D eigenvalue weighted by molar-refractivity contribution is -0.141. The molecule has 1 rings (SSSR count). The minimum atomic E-state index is -4.56. The van der Waals surface area contributed by atoms with Gasteiger partial charge in [0.15, 0.2) is 0 Å². The first-order valence-corrected chi connectivity index (χ1v) is 6.32. The Balaban J connectivity index is 3.14. The van der Waals surface area contributed by atoms with Gasteiger partial charge < -0.3 is 15.3 Å². The van der Waals surface area contributed by atoms with Crippen LogP contribution in [0.2, 0.25) is 0 Å². The number of benzene rings is 1. The molecule has 0 saturated heterocycles. The van der Waals surface area contributed by atoms with Crippen molar-refractivity contribution in [3.63, 3.8) is 0 Å². The second kappa shape index (κ2) is 5.44. The van der Waals surface area contributed by atoms with E-state index in [4.69, 9.17) is 9.66 Å². The van der Waals surface area contributed by atoms with Crippen LogP contribution < -0.4 is 0 Å². The first kappa shape index (κ1) is 14.6. The van der Waals surface area contributed by atoms with Gasteiger partial charge in [0, 0.05) is 5.56 Å². The van der Waals surface area contributed by atoms with E-state index in [2.05, 4.69) is 0 Å². The average Bonchev–Trinajstić information content (AvgIpc) is 2.26. The minimum Gasteiger partial charge on any atom is -0.481 e. The van der Waals surface area contributed by atoms with Crippen molar-refractivity contribution in [3.8, 4) is 0 Å². The molecule has 0 aliphatic heterocycles. The molecular formula is C10H12O7S. The first-order valence-electron chi connectivity index (χ1n) is 4.88. The summed E-state index contributed by atoms with van der Waals surface area (Å²) < 4.78 is 31.0. The van der Waals surface area contributed by atoms with Gasteiger partial charge in [0.25, 0.3) is 10.1 Å². The quantitative estimate of drug-likeness (QED) is 0.547. The zero-order valence-corrected chi connectivity index (χ0v) is 9.91. The van der Waals surface area contributed by atoms with Crippen LogP contribution in [0, 0.1) is 0 Å². The number of hydrogen-bond donors (Lipinski definition) is 4. The lowest BCUT2D eigenvalue weighted by Crippen LogP contribution is -2.23. The molecule has 0 heterocycles. The molecule has 0 aromatic heterocycles. The first-order chi connectivity index (χ1) is 8.23. The van der Waals surface area contributed by atoms with E-state index in [1.165, 1.54) is 18.2 Å². The molecule has 4 N–H and O–H groups in total. The second-order valence-corrected chi connectivity index (χ2v) is 5.01. The molecule has 0 aliphatic rings. The Labute approximate surface area is 103 Å². The van der Waals surface area contributed by atoms with Crippen molar-refractivity contribution >= 4 is 16.1 Å². The van der Waals surface area contributed by atoms with Crippen LogP contribution in [0.5, 0.6) is 0 Å². The average molecular weight is 276 g/mol. The summed E-state index contributed by atoms with van der Waals surface area (Å²) in [4.78, 5) is 9.82. The van der Waals surface area contributed by atoms with Gasteiger partial charge in [-0.3, -0.25) is 9.35 Å². The van der Waals surface area contributed by atoms with Gasteiger partial charge in [-0.2, -0.15) is 8.42 Å². The van der Waals surface area contributed by atoms with Crippen LogP contribution in [-0.2, 0) is 14.9 Å². The van der Waals surface area contributed by atoms with E-state index in [1.807, 2.05) is 0 Å². The maximum Gasteiger partial charge on any atom is 0.306 e. The SMILES string of the molecule is O=C(O)CC(O)C(O)c1ccccc1S(=O)(=O)O. The number of carbonyl (C=O) groups is 1. The number of rotatable bonds is 5. The van der Waals surface area contributed by atoms with Crippen molar-refractivity contribution < 1.29 is 33.1 Å². The van der Waals surface area contributed by atoms with Gasteiger partial charge >= 0.3 is 5.97 Å². The van der Waals surface area contributed by atoms with Crippen LogP contribution in [0.4, 0.5) is 0 Å². The molecular weight excluding hydrogens is 264 g/mol. The Morgan fingerprint density at radius 2 is 1.78 bits per heavy atom. The van der Waals surface area contributed by atoms with Gasteiger partial charge in [-0.15, -0.1) is 0 Å². The van der Waals surface area contributed by atoms with E-state index in [-0.39, 0.29) is 5.56 Å². The fourth-order valence-corrected chi connectivity index (χ4v) is 2.19. The number of aliphatic carboxylic acids is 1. The summed E-state index contributed by atoms with van der Waals surface area (Å²) in [5.41, 5.74) is -0.256. The van der Waals surface area contributed by atoms with Crippen molar-refractivity contribution in [1.82, 2.24) is 0 Å². The maximum absolute atomic E-state index is 11.0.